The molecule has 2 aromatic heterocycles. The SMILES string of the molecule is N#Cc1c(-c2ccccc2)c(-c2ccccc2)n(Cc2ccccc2)c1N=Nc1c(N)n[nH]c1N. The van der Waals surface area contributed by atoms with Crippen molar-refractivity contribution < 1.29 is 0 Å². The summed E-state index contributed by atoms with van der Waals surface area (Å²) >= 11 is 0. The molecule has 0 amide bonds. The van der Waals surface area contributed by atoms with Crippen molar-refractivity contribution in [3.05, 3.63) is 102 Å². The van der Waals surface area contributed by atoms with Crippen molar-refractivity contribution in [2.24, 2.45) is 10.2 Å². The third-order valence-electron chi connectivity index (χ3n) is 5.68. The van der Waals surface area contributed by atoms with Crippen molar-refractivity contribution in [3.63, 3.8) is 0 Å². The fraction of sp³-hybridized carbons (Fsp3) is 0.0370. The van der Waals surface area contributed by atoms with Crippen LogP contribution in [0.3, 0.4) is 0 Å². The molecule has 0 fully saturated rings. The van der Waals surface area contributed by atoms with Crippen molar-refractivity contribution in [1.82, 2.24) is 14.8 Å². The molecule has 5 rings (SSSR count). The van der Waals surface area contributed by atoms with Gasteiger partial charge in [0.2, 0.25) is 0 Å². The number of anilines is 2. The summed E-state index contributed by atoms with van der Waals surface area (Å²) in [6, 6.07) is 32.2. The van der Waals surface area contributed by atoms with Gasteiger partial charge in [0.25, 0.3) is 0 Å². The summed E-state index contributed by atoms with van der Waals surface area (Å²) in [7, 11) is 0. The van der Waals surface area contributed by atoms with Crippen LogP contribution in [0.5, 0.6) is 0 Å². The molecule has 0 spiro atoms. The van der Waals surface area contributed by atoms with E-state index in [9.17, 15) is 5.26 Å². The number of benzene rings is 3. The topological polar surface area (TPSA) is 134 Å². The molecule has 8 heteroatoms. The summed E-state index contributed by atoms with van der Waals surface area (Å²) < 4.78 is 2.02. The fourth-order valence-electron chi connectivity index (χ4n) is 4.08. The number of rotatable bonds is 6. The van der Waals surface area contributed by atoms with Crippen molar-refractivity contribution in [2.75, 3.05) is 11.5 Å². The van der Waals surface area contributed by atoms with E-state index in [-0.39, 0.29) is 17.3 Å². The molecule has 35 heavy (non-hydrogen) atoms. The van der Waals surface area contributed by atoms with Crippen LogP contribution in [0.1, 0.15) is 11.1 Å². The molecule has 0 aliphatic heterocycles. The maximum atomic E-state index is 10.3. The van der Waals surface area contributed by atoms with E-state index in [4.69, 9.17) is 11.5 Å². The Kier molecular flexibility index (Phi) is 5.80. The molecule has 0 saturated carbocycles. The number of hydrogen-bond donors (Lipinski definition) is 3. The van der Waals surface area contributed by atoms with Crippen LogP contribution in [0.15, 0.2) is 101 Å². The second-order valence-electron chi connectivity index (χ2n) is 7.91. The zero-order valence-corrected chi connectivity index (χ0v) is 18.8. The van der Waals surface area contributed by atoms with Gasteiger partial charge in [-0.2, -0.15) is 10.4 Å². The highest BCUT2D eigenvalue weighted by Crippen LogP contribution is 2.44. The van der Waals surface area contributed by atoms with Gasteiger partial charge in [0.05, 0.1) is 5.69 Å². The summed E-state index contributed by atoms with van der Waals surface area (Å²) in [6.07, 6.45) is 0. The van der Waals surface area contributed by atoms with Crippen LogP contribution in [0.25, 0.3) is 22.4 Å². The largest absolute Gasteiger partial charge is 0.382 e. The molecule has 2 heterocycles. The lowest BCUT2D eigenvalue weighted by atomic mass is 9.98. The van der Waals surface area contributed by atoms with E-state index in [0.717, 1.165) is 27.9 Å². The molecule has 0 saturated heterocycles. The van der Waals surface area contributed by atoms with Crippen LogP contribution < -0.4 is 11.5 Å². The lowest BCUT2D eigenvalue weighted by molar-refractivity contribution is 0.808. The Morgan fingerprint density at radius 1 is 0.829 bits per heavy atom. The number of nitriles is 1. The number of azo groups is 1. The van der Waals surface area contributed by atoms with Crippen LogP contribution in [0.2, 0.25) is 0 Å². The van der Waals surface area contributed by atoms with Crippen LogP contribution in [0, 0.1) is 11.3 Å². The molecule has 3 aromatic carbocycles. The monoisotopic (exact) mass is 458 g/mol. The Labute approximate surface area is 202 Å². The zero-order valence-electron chi connectivity index (χ0n) is 18.8. The zero-order chi connectivity index (χ0) is 24.2. The van der Waals surface area contributed by atoms with E-state index in [1.54, 1.807) is 0 Å². The molecule has 0 unspecified atom stereocenters. The van der Waals surface area contributed by atoms with E-state index in [1.165, 1.54) is 0 Å². The van der Waals surface area contributed by atoms with Gasteiger partial charge in [0.1, 0.15) is 17.5 Å². The first-order valence-electron chi connectivity index (χ1n) is 11.0. The Balaban J connectivity index is 1.82. The van der Waals surface area contributed by atoms with Crippen LogP contribution in [0.4, 0.5) is 23.1 Å². The molecular weight excluding hydrogens is 436 g/mol. The molecule has 0 radical (unpaired) electrons. The lowest BCUT2D eigenvalue weighted by Gasteiger charge is -2.13. The third-order valence-corrected chi connectivity index (χ3v) is 5.68. The first-order valence-corrected chi connectivity index (χ1v) is 11.0. The van der Waals surface area contributed by atoms with E-state index in [2.05, 4.69) is 26.5 Å². The van der Waals surface area contributed by atoms with Gasteiger partial charge in [-0.05, 0) is 16.7 Å². The van der Waals surface area contributed by atoms with Gasteiger partial charge in [0, 0.05) is 12.1 Å². The number of nitrogens with two attached hydrogens (primary N) is 2. The van der Waals surface area contributed by atoms with Crippen molar-refractivity contribution in [3.8, 4) is 28.5 Å². The highest BCUT2D eigenvalue weighted by molar-refractivity contribution is 5.90. The average molecular weight is 459 g/mol. The summed E-state index contributed by atoms with van der Waals surface area (Å²) in [4.78, 5) is 0. The van der Waals surface area contributed by atoms with Crippen LogP contribution in [-0.2, 0) is 6.54 Å². The quantitative estimate of drug-likeness (QED) is 0.267. The number of nitrogens with zero attached hydrogens (tertiary/aromatic N) is 5. The highest BCUT2D eigenvalue weighted by atomic mass is 15.3. The van der Waals surface area contributed by atoms with Crippen LogP contribution in [-0.4, -0.2) is 14.8 Å². The van der Waals surface area contributed by atoms with Gasteiger partial charge >= 0.3 is 0 Å². The molecule has 8 nitrogen and oxygen atoms in total. The molecule has 0 bridgehead atoms. The summed E-state index contributed by atoms with van der Waals surface area (Å²) in [6.45, 7) is 0.483. The number of H-pyrrole nitrogens is 1. The van der Waals surface area contributed by atoms with Gasteiger partial charge in [-0.25, -0.2) is 0 Å². The van der Waals surface area contributed by atoms with Gasteiger partial charge in [-0.1, -0.05) is 91.0 Å². The lowest BCUT2D eigenvalue weighted by Crippen LogP contribution is -2.02. The van der Waals surface area contributed by atoms with Gasteiger partial charge in [0.15, 0.2) is 17.3 Å². The van der Waals surface area contributed by atoms with Crippen molar-refractivity contribution >= 4 is 23.1 Å². The number of nitrogen functional groups attached to an aromatic ring is 2. The van der Waals surface area contributed by atoms with Gasteiger partial charge in [-0.3, -0.25) is 5.10 Å². The van der Waals surface area contributed by atoms with Crippen molar-refractivity contribution in [1.29, 1.82) is 5.26 Å². The number of aromatic nitrogens is 3. The minimum absolute atomic E-state index is 0.137. The molecule has 5 N–H and O–H groups in total. The fourth-order valence-corrected chi connectivity index (χ4v) is 4.08. The standard InChI is InChI=1S/C27H22N8/c28-16-21-22(19-12-6-2-7-13-19)24(20-14-8-3-9-15-20)35(17-18-10-4-1-5-11-18)27(21)34-31-23-25(29)32-33-26(23)30/h1-15H,17H2,(H5,29,30,32,33). The van der Waals surface area contributed by atoms with Crippen molar-refractivity contribution in [2.45, 2.75) is 6.54 Å². The highest BCUT2D eigenvalue weighted by Gasteiger charge is 2.25. The molecular formula is C27H22N8. The number of nitrogens with one attached hydrogen (secondary N) is 1. The number of hydrogen-bond acceptors (Lipinski definition) is 6. The van der Waals surface area contributed by atoms with E-state index in [0.29, 0.717) is 17.9 Å². The summed E-state index contributed by atoms with van der Waals surface area (Å²) in [5, 5.41) is 25.6. The van der Waals surface area contributed by atoms with Gasteiger partial charge < -0.3 is 16.0 Å². The normalized spacial score (nSPS) is 11.1. The Hall–Kier alpha value is -5.16. The smallest absolute Gasteiger partial charge is 0.175 e. The Morgan fingerprint density at radius 3 is 2.00 bits per heavy atom. The third kappa shape index (κ3) is 4.14. The second kappa shape index (κ2) is 9.37. The summed E-state index contributed by atoms with van der Waals surface area (Å²) in [5.41, 5.74) is 17.1. The average Bonchev–Trinajstić information content (AvgIpc) is 3.39. The van der Waals surface area contributed by atoms with Crippen LogP contribution >= 0.6 is 0 Å². The molecule has 5 aromatic rings. The Bertz CT molecular complexity index is 1510. The maximum absolute atomic E-state index is 10.3. The van der Waals surface area contributed by atoms with Gasteiger partial charge in [-0.15, -0.1) is 10.2 Å². The van der Waals surface area contributed by atoms with E-state index < -0.39 is 0 Å². The maximum Gasteiger partial charge on any atom is 0.175 e. The predicted molar refractivity (Wildman–Crippen MR) is 137 cm³/mol. The molecule has 0 aliphatic carbocycles. The van der Waals surface area contributed by atoms with E-state index in [1.807, 2.05) is 95.6 Å². The summed E-state index contributed by atoms with van der Waals surface area (Å²) in [5.74, 6) is 0.754. The number of aromatic amines is 1. The molecule has 0 aliphatic rings. The molecule has 170 valence electrons. The minimum Gasteiger partial charge on any atom is -0.382 e. The minimum atomic E-state index is 0.137. The van der Waals surface area contributed by atoms with E-state index >= 15 is 0 Å². The predicted octanol–water partition coefficient (Wildman–Crippen LogP) is 6.04. The first kappa shape index (κ1) is 21.7. The first-order chi connectivity index (χ1) is 17.2. The molecule has 0 atom stereocenters. The Morgan fingerprint density at radius 2 is 1.43 bits per heavy atom. The second-order valence-corrected chi connectivity index (χ2v) is 7.91.